The quantitative estimate of drug-likeness (QED) is 0.918. The molecule has 0 radical (unpaired) electrons. The zero-order valence-electron chi connectivity index (χ0n) is 9.95. The van der Waals surface area contributed by atoms with Gasteiger partial charge in [0.05, 0.1) is 18.0 Å². The number of aromatic nitrogens is 3. The SMILES string of the molecule is OC(Cc1nc(-c2cscn2)no1)C1CCCC1. The summed E-state index contributed by atoms with van der Waals surface area (Å²) in [7, 11) is 0. The van der Waals surface area contributed by atoms with Crippen LogP contribution in [0.3, 0.4) is 0 Å². The average molecular weight is 265 g/mol. The molecule has 2 aromatic rings. The molecule has 0 amide bonds. The Morgan fingerprint density at radius 2 is 2.28 bits per heavy atom. The molecular formula is C12H15N3O2S. The van der Waals surface area contributed by atoms with E-state index in [1.54, 1.807) is 5.51 Å². The van der Waals surface area contributed by atoms with E-state index in [9.17, 15) is 5.11 Å². The van der Waals surface area contributed by atoms with Gasteiger partial charge in [-0.05, 0) is 18.8 Å². The van der Waals surface area contributed by atoms with E-state index in [4.69, 9.17) is 4.52 Å². The Hall–Kier alpha value is -1.27. The predicted molar refractivity (Wildman–Crippen MR) is 67.1 cm³/mol. The van der Waals surface area contributed by atoms with Gasteiger partial charge < -0.3 is 9.63 Å². The maximum absolute atomic E-state index is 10.1. The summed E-state index contributed by atoms with van der Waals surface area (Å²) in [5.41, 5.74) is 2.46. The molecule has 1 fully saturated rings. The molecule has 1 aliphatic rings. The van der Waals surface area contributed by atoms with Crippen molar-refractivity contribution in [2.45, 2.75) is 38.2 Å². The Morgan fingerprint density at radius 3 is 3.00 bits per heavy atom. The van der Waals surface area contributed by atoms with Crippen molar-refractivity contribution in [1.29, 1.82) is 0 Å². The van der Waals surface area contributed by atoms with E-state index in [-0.39, 0.29) is 6.10 Å². The molecule has 0 aromatic carbocycles. The van der Waals surface area contributed by atoms with Gasteiger partial charge >= 0.3 is 0 Å². The van der Waals surface area contributed by atoms with Gasteiger partial charge in [-0.3, -0.25) is 0 Å². The molecule has 1 atom stereocenters. The molecule has 1 saturated carbocycles. The van der Waals surface area contributed by atoms with Gasteiger partial charge in [0.1, 0.15) is 5.69 Å². The highest BCUT2D eigenvalue weighted by Gasteiger charge is 2.25. The van der Waals surface area contributed by atoms with E-state index in [0.717, 1.165) is 18.5 Å². The van der Waals surface area contributed by atoms with Crippen LogP contribution in [-0.4, -0.2) is 26.3 Å². The Bertz CT molecular complexity index is 491. The van der Waals surface area contributed by atoms with Crippen LogP contribution in [0, 0.1) is 5.92 Å². The summed E-state index contributed by atoms with van der Waals surface area (Å²) in [6.45, 7) is 0. The van der Waals surface area contributed by atoms with Gasteiger partial charge in [0, 0.05) is 5.38 Å². The van der Waals surface area contributed by atoms with Crippen LogP contribution in [0.4, 0.5) is 0 Å². The van der Waals surface area contributed by atoms with Crippen LogP contribution in [0.1, 0.15) is 31.6 Å². The standard InChI is InChI=1S/C12H15N3O2S/c16-10(8-3-1-2-4-8)5-11-14-12(15-17-11)9-6-18-7-13-9/h6-8,10,16H,1-5H2. The molecule has 0 spiro atoms. The summed E-state index contributed by atoms with van der Waals surface area (Å²) < 4.78 is 5.16. The lowest BCUT2D eigenvalue weighted by Crippen LogP contribution is -2.20. The van der Waals surface area contributed by atoms with Gasteiger partial charge in [-0.25, -0.2) is 4.98 Å². The lowest BCUT2D eigenvalue weighted by molar-refractivity contribution is 0.102. The second kappa shape index (κ2) is 5.16. The zero-order valence-corrected chi connectivity index (χ0v) is 10.8. The van der Waals surface area contributed by atoms with E-state index in [2.05, 4.69) is 15.1 Å². The average Bonchev–Trinajstić information content (AvgIpc) is 3.12. The summed E-state index contributed by atoms with van der Waals surface area (Å²) in [4.78, 5) is 8.40. The van der Waals surface area contributed by atoms with Crippen molar-refractivity contribution in [1.82, 2.24) is 15.1 Å². The van der Waals surface area contributed by atoms with Crippen LogP contribution in [0.5, 0.6) is 0 Å². The third-order valence-corrected chi connectivity index (χ3v) is 4.04. The molecule has 3 rings (SSSR count). The highest BCUT2D eigenvalue weighted by Crippen LogP contribution is 2.29. The smallest absolute Gasteiger partial charge is 0.229 e. The maximum Gasteiger partial charge on any atom is 0.229 e. The van der Waals surface area contributed by atoms with Crippen LogP contribution in [0.25, 0.3) is 11.5 Å². The molecule has 1 N–H and O–H groups in total. The van der Waals surface area contributed by atoms with Crippen LogP contribution in [0.2, 0.25) is 0 Å². The largest absolute Gasteiger partial charge is 0.392 e. The van der Waals surface area contributed by atoms with Crippen molar-refractivity contribution in [3.63, 3.8) is 0 Å². The van der Waals surface area contributed by atoms with Gasteiger partial charge in [0.2, 0.25) is 11.7 Å². The third-order valence-electron chi connectivity index (χ3n) is 3.46. The summed E-state index contributed by atoms with van der Waals surface area (Å²) in [6.07, 6.45) is 4.73. The van der Waals surface area contributed by atoms with E-state index in [1.807, 2.05) is 5.38 Å². The van der Waals surface area contributed by atoms with Gasteiger partial charge in [0.25, 0.3) is 0 Å². The van der Waals surface area contributed by atoms with Gasteiger partial charge in [0.15, 0.2) is 0 Å². The fourth-order valence-corrected chi connectivity index (χ4v) is 2.98. The van der Waals surface area contributed by atoms with Crippen molar-refractivity contribution in [2.75, 3.05) is 0 Å². The molecule has 2 heterocycles. The first kappa shape index (κ1) is 11.8. The summed E-state index contributed by atoms with van der Waals surface area (Å²) >= 11 is 1.50. The first-order chi connectivity index (χ1) is 8.83. The molecule has 0 saturated heterocycles. The van der Waals surface area contributed by atoms with Gasteiger partial charge in [-0.2, -0.15) is 4.98 Å². The number of thiazole rings is 1. The van der Waals surface area contributed by atoms with Crippen LogP contribution < -0.4 is 0 Å². The lowest BCUT2D eigenvalue weighted by Gasteiger charge is -2.14. The van der Waals surface area contributed by atoms with Crippen molar-refractivity contribution >= 4 is 11.3 Å². The fourth-order valence-electron chi connectivity index (χ4n) is 2.45. The van der Waals surface area contributed by atoms with Crippen molar-refractivity contribution in [3.05, 3.63) is 16.8 Å². The number of hydrogen-bond donors (Lipinski definition) is 1. The third kappa shape index (κ3) is 2.44. The van der Waals surface area contributed by atoms with Crippen LogP contribution in [0.15, 0.2) is 15.4 Å². The van der Waals surface area contributed by atoms with E-state index >= 15 is 0 Å². The monoisotopic (exact) mass is 265 g/mol. The summed E-state index contributed by atoms with van der Waals surface area (Å²) in [6, 6.07) is 0. The molecule has 6 heteroatoms. The van der Waals surface area contributed by atoms with Crippen LogP contribution >= 0.6 is 11.3 Å². The minimum absolute atomic E-state index is 0.365. The molecular weight excluding hydrogens is 250 g/mol. The minimum atomic E-state index is -0.365. The fraction of sp³-hybridized carbons (Fsp3) is 0.583. The molecule has 2 aromatic heterocycles. The molecule has 96 valence electrons. The van der Waals surface area contributed by atoms with E-state index < -0.39 is 0 Å². The van der Waals surface area contributed by atoms with E-state index in [0.29, 0.717) is 24.1 Å². The summed E-state index contributed by atoms with van der Waals surface area (Å²) in [5, 5.41) is 15.9. The Labute approximate surface area is 109 Å². The van der Waals surface area contributed by atoms with E-state index in [1.165, 1.54) is 24.2 Å². The van der Waals surface area contributed by atoms with Crippen LogP contribution in [-0.2, 0) is 6.42 Å². The normalized spacial score (nSPS) is 18.3. The Kier molecular flexibility index (Phi) is 3.38. The molecule has 18 heavy (non-hydrogen) atoms. The second-order valence-electron chi connectivity index (χ2n) is 4.70. The van der Waals surface area contributed by atoms with Crippen molar-refractivity contribution in [2.24, 2.45) is 5.92 Å². The lowest BCUT2D eigenvalue weighted by atomic mass is 9.98. The number of hydrogen-bond acceptors (Lipinski definition) is 6. The number of rotatable bonds is 4. The first-order valence-electron chi connectivity index (χ1n) is 6.22. The maximum atomic E-state index is 10.1. The molecule has 0 bridgehead atoms. The highest BCUT2D eigenvalue weighted by atomic mass is 32.1. The topological polar surface area (TPSA) is 72.0 Å². The second-order valence-corrected chi connectivity index (χ2v) is 5.42. The molecule has 1 unspecified atom stereocenters. The highest BCUT2D eigenvalue weighted by molar-refractivity contribution is 7.07. The molecule has 0 aliphatic heterocycles. The molecule has 1 aliphatic carbocycles. The van der Waals surface area contributed by atoms with Gasteiger partial charge in [-0.15, -0.1) is 11.3 Å². The Balaban J connectivity index is 1.66. The number of aliphatic hydroxyl groups excluding tert-OH is 1. The van der Waals surface area contributed by atoms with Crippen molar-refractivity contribution in [3.8, 4) is 11.5 Å². The number of aliphatic hydroxyl groups is 1. The van der Waals surface area contributed by atoms with Gasteiger partial charge in [-0.1, -0.05) is 18.0 Å². The Morgan fingerprint density at radius 1 is 1.44 bits per heavy atom. The zero-order chi connectivity index (χ0) is 12.4. The number of nitrogens with zero attached hydrogens (tertiary/aromatic N) is 3. The minimum Gasteiger partial charge on any atom is -0.392 e. The van der Waals surface area contributed by atoms with Crippen molar-refractivity contribution < 1.29 is 9.63 Å². The first-order valence-corrected chi connectivity index (χ1v) is 7.16. The summed E-state index contributed by atoms with van der Waals surface area (Å²) in [5.74, 6) is 1.39. The predicted octanol–water partition coefficient (Wildman–Crippen LogP) is 2.29. The molecule has 5 nitrogen and oxygen atoms in total.